The average molecular weight is 253 g/mol. The SMILES string of the molecule is COC(=O)C(=C/C=C(C)/C=C/N(C)C)C(=O)OC. The summed E-state index contributed by atoms with van der Waals surface area (Å²) in [6, 6.07) is 0. The Morgan fingerprint density at radius 3 is 1.89 bits per heavy atom. The van der Waals surface area contributed by atoms with Gasteiger partial charge < -0.3 is 14.4 Å². The Labute approximate surface area is 107 Å². The molecule has 0 aromatic heterocycles. The maximum atomic E-state index is 11.3. The number of ether oxygens (including phenoxy) is 2. The van der Waals surface area contributed by atoms with E-state index in [0.29, 0.717) is 0 Å². The highest BCUT2D eigenvalue weighted by Crippen LogP contribution is 2.04. The molecule has 0 spiro atoms. The smallest absolute Gasteiger partial charge is 0.345 e. The van der Waals surface area contributed by atoms with Crippen molar-refractivity contribution in [3.05, 3.63) is 35.6 Å². The highest BCUT2D eigenvalue weighted by molar-refractivity contribution is 6.14. The lowest BCUT2D eigenvalue weighted by Gasteiger charge is -2.03. The van der Waals surface area contributed by atoms with Crippen molar-refractivity contribution in [3.63, 3.8) is 0 Å². The number of esters is 2. The number of carbonyl (C=O) groups excluding carboxylic acids is 2. The molecule has 0 unspecified atom stereocenters. The van der Waals surface area contributed by atoms with Gasteiger partial charge in [-0.25, -0.2) is 9.59 Å². The molecule has 0 aliphatic carbocycles. The fraction of sp³-hybridized carbons (Fsp3) is 0.385. The van der Waals surface area contributed by atoms with Gasteiger partial charge in [0.05, 0.1) is 14.2 Å². The molecule has 0 aromatic rings. The Hall–Kier alpha value is -2.04. The third-order valence-electron chi connectivity index (χ3n) is 1.96. The summed E-state index contributed by atoms with van der Waals surface area (Å²) < 4.78 is 9.00. The zero-order chi connectivity index (χ0) is 14.1. The largest absolute Gasteiger partial charge is 0.465 e. The van der Waals surface area contributed by atoms with Crippen LogP contribution in [0.3, 0.4) is 0 Å². The van der Waals surface area contributed by atoms with Crippen molar-refractivity contribution in [2.45, 2.75) is 6.92 Å². The van der Waals surface area contributed by atoms with Gasteiger partial charge in [-0.2, -0.15) is 0 Å². The van der Waals surface area contributed by atoms with E-state index in [1.165, 1.54) is 20.3 Å². The predicted molar refractivity (Wildman–Crippen MR) is 68.7 cm³/mol. The van der Waals surface area contributed by atoms with Gasteiger partial charge in [0.2, 0.25) is 0 Å². The molecule has 0 saturated heterocycles. The van der Waals surface area contributed by atoms with Crippen LogP contribution in [0.25, 0.3) is 0 Å². The molecule has 0 aromatic carbocycles. The molecule has 100 valence electrons. The second-order valence-electron chi connectivity index (χ2n) is 3.75. The molecule has 5 heteroatoms. The van der Waals surface area contributed by atoms with Crippen LogP contribution in [0.2, 0.25) is 0 Å². The van der Waals surface area contributed by atoms with Gasteiger partial charge in [0, 0.05) is 14.1 Å². The van der Waals surface area contributed by atoms with Crippen molar-refractivity contribution in [1.29, 1.82) is 0 Å². The zero-order valence-corrected chi connectivity index (χ0v) is 11.4. The lowest BCUT2D eigenvalue weighted by Crippen LogP contribution is -2.15. The minimum atomic E-state index is -0.720. The zero-order valence-electron chi connectivity index (χ0n) is 11.4. The van der Waals surface area contributed by atoms with Crippen LogP contribution in [0, 0.1) is 0 Å². The molecular formula is C13H19NO4. The Balaban J connectivity index is 5.02. The quantitative estimate of drug-likeness (QED) is 0.243. The van der Waals surface area contributed by atoms with Crippen LogP contribution < -0.4 is 0 Å². The fourth-order valence-corrected chi connectivity index (χ4v) is 0.976. The molecule has 0 N–H and O–H groups in total. The van der Waals surface area contributed by atoms with Gasteiger partial charge in [0.25, 0.3) is 0 Å². The van der Waals surface area contributed by atoms with Crippen molar-refractivity contribution < 1.29 is 19.1 Å². The Bertz CT molecular complexity index is 374. The van der Waals surface area contributed by atoms with Gasteiger partial charge >= 0.3 is 11.9 Å². The maximum absolute atomic E-state index is 11.3. The van der Waals surface area contributed by atoms with E-state index >= 15 is 0 Å². The molecule has 0 saturated carbocycles. The van der Waals surface area contributed by atoms with Crippen molar-refractivity contribution in [2.24, 2.45) is 0 Å². The molecular weight excluding hydrogens is 234 g/mol. The number of hydrogen-bond acceptors (Lipinski definition) is 5. The summed E-state index contributed by atoms with van der Waals surface area (Å²) in [5, 5.41) is 0. The summed E-state index contributed by atoms with van der Waals surface area (Å²) in [6.07, 6.45) is 6.73. The molecule has 0 aliphatic rings. The Kier molecular flexibility index (Phi) is 7.19. The van der Waals surface area contributed by atoms with Crippen LogP contribution >= 0.6 is 0 Å². The lowest BCUT2D eigenvalue weighted by molar-refractivity contribution is -0.144. The number of allylic oxidation sites excluding steroid dienone is 4. The third-order valence-corrected chi connectivity index (χ3v) is 1.96. The summed E-state index contributed by atoms with van der Waals surface area (Å²) in [5.41, 5.74) is 0.742. The maximum Gasteiger partial charge on any atom is 0.345 e. The van der Waals surface area contributed by atoms with Gasteiger partial charge in [0.15, 0.2) is 0 Å². The van der Waals surface area contributed by atoms with Crippen molar-refractivity contribution in [2.75, 3.05) is 28.3 Å². The van der Waals surface area contributed by atoms with Gasteiger partial charge in [0.1, 0.15) is 5.57 Å². The van der Waals surface area contributed by atoms with E-state index in [1.807, 2.05) is 38.2 Å². The summed E-state index contributed by atoms with van der Waals surface area (Å²) in [5.74, 6) is -1.44. The number of nitrogens with zero attached hydrogens (tertiary/aromatic N) is 1. The molecule has 0 rings (SSSR count). The van der Waals surface area contributed by atoms with E-state index in [2.05, 4.69) is 9.47 Å². The number of carbonyl (C=O) groups is 2. The van der Waals surface area contributed by atoms with Gasteiger partial charge in [-0.3, -0.25) is 0 Å². The Morgan fingerprint density at radius 1 is 1.00 bits per heavy atom. The molecule has 0 amide bonds. The van der Waals surface area contributed by atoms with Gasteiger partial charge in [-0.1, -0.05) is 6.08 Å². The van der Waals surface area contributed by atoms with Crippen LogP contribution in [0.1, 0.15) is 6.92 Å². The van der Waals surface area contributed by atoms with Crippen molar-refractivity contribution in [3.8, 4) is 0 Å². The monoisotopic (exact) mass is 253 g/mol. The molecule has 0 radical (unpaired) electrons. The predicted octanol–water partition coefficient (Wildman–Crippen LogP) is 1.28. The first kappa shape index (κ1) is 16.0. The van der Waals surface area contributed by atoms with E-state index in [4.69, 9.17) is 0 Å². The number of methoxy groups -OCH3 is 2. The number of hydrogen-bond donors (Lipinski definition) is 0. The van der Waals surface area contributed by atoms with E-state index in [-0.39, 0.29) is 5.57 Å². The van der Waals surface area contributed by atoms with Gasteiger partial charge in [-0.15, -0.1) is 0 Å². The average Bonchev–Trinajstić information content (AvgIpc) is 2.35. The van der Waals surface area contributed by atoms with Crippen LogP contribution in [0.15, 0.2) is 35.6 Å². The molecule has 5 nitrogen and oxygen atoms in total. The van der Waals surface area contributed by atoms with Crippen molar-refractivity contribution >= 4 is 11.9 Å². The standard InChI is InChI=1S/C13H19NO4/c1-10(8-9-14(2)3)6-7-11(12(15)17-4)13(16)18-5/h6-9H,1-5H3/b9-8+,10-6+. The van der Waals surface area contributed by atoms with Crippen LogP contribution in [-0.4, -0.2) is 45.2 Å². The first-order chi connectivity index (χ1) is 8.42. The first-order valence-corrected chi connectivity index (χ1v) is 5.32. The normalized spacial score (nSPS) is 11.1. The van der Waals surface area contributed by atoms with Crippen LogP contribution in [-0.2, 0) is 19.1 Å². The minimum absolute atomic E-state index is 0.141. The van der Waals surface area contributed by atoms with E-state index < -0.39 is 11.9 Å². The van der Waals surface area contributed by atoms with Crippen LogP contribution in [0.5, 0.6) is 0 Å². The molecule has 0 aliphatic heterocycles. The van der Waals surface area contributed by atoms with Crippen molar-refractivity contribution in [1.82, 2.24) is 4.90 Å². The molecule has 0 fully saturated rings. The summed E-state index contributed by atoms with van der Waals surface area (Å²) >= 11 is 0. The molecule has 0 bridgehead atoms. The lowest BCUT2D eigenvalue weighted by atomic mass is 10.2. The molecule has 0 heterocycles. The highest BCUT2D eigenvalue weighted by atomic mass is 16.5. The number of rotatable bonds is 5. The minimum Gasteiger partial charge on any atom is -0.465 e. The van der Waals surface area contributed by atoms with E-state index in [9.17, 15) is 9.59 Å². The highest BCUT2D eigenvalue weighted by Gasteiger charge is 2.18. The topological polar surface area (TPSA) is 55.8 Å². The first-order valence-electron chi connectivity index (χ1n) is 5.32. The van der Waals surface area contributed by atoms with Crippen LogP contribution in [0.4, 0.5) is 0 Å². The second-order valence-corrected chi connectivity index (χ2v) is 3.75. The summed E-state index contributed by atoms with van der Waals surface area (Å²) in [7, 11) is 6.21. The fourth-order valence-electron chi connectivity index (χ4n) is 0.976. The summed E-state index contributed by atoms with van der Waals surface area (Å²) in [6.45, 7) is 1.85. The molecule has 0 atom stereocenters. The van der Waals surface area contributed by atoms with Gasteiger partial charge in [-0.05, 0) is 30.8 Å². The van der Waals surface area contributed by atoms with E-state index in [1.54, 1.807) is 6.08 Å². The van der Waals surface area contributed by atoms with E-state index in [0.717, 1.165) is 5.57 Å². The Morgan fingerprint density at radius 2 is 1.50 bits per heavy atom. The second kappa shape index (κ2) is 8.11. The summed E-state index contributed by atoms with van der Waals surface area (Å²) in [4.78, 5) is 24.6. The third kappa shape index (κ3) is 5.89. The molecule has 18 heavy (non-hydrogen) atoms.